The number of rotatable bonds is 74. The summed E-state index contributed by atoms with van der Waals surface area (Å²) in [6.07, 6.45) is 95.6. The molecule has 0 fully saturated rings. The van der Waals surface area contributed by atoms with Crippen LogP contribution in [0.4, 0.5) is 0 Å². The molecule has 0 aliphatic rings. The highest BCUT2D eigenvalue weighted by molar-refractivity contribution is 5.76. The first-order chi connectivity index (χ1) is 42.0. The summed E-state index contributed by atoms with van der Waals surface area (Å²) in [7, 11) is 0. The van der Waals surface area contributed by atoms with Crippen molar-refractivity contribution in [3.8, 4) is 0 Å². The van der Waals surface area contributed by atoms with Crippen molar-refractivity contribution in [1.82, 2.24) is 5.32 Å². The molecule has 0 aliphatic carbocycles. The fourth-order valence-corrected chi connectivity index (χ4v) is 12.5. The SMILES string of the molecule is CCCCC/C=C\CCCCCCCC(=O)OCCCCCCCCCCCCCCCCCCCC/C=C\CCCCCCCCCCCCCCCCCCCC(=O)NC(CO)C(O)CCCCCCCCCCCCCCCCCCC. The van der Waals surface area contributed by atoms with Crippen LogP contribution in [0.1, 0.15) is 444 Å². The molecule has 0 aliphatic heterocycles. The zero-order valence-corrected chi connectivity index (χ0v) is 57.9. The smallest absolute Gasteiger partial charge is 0.305 e. The van der Waals surface area contributed by atoms with Crippen LogP contribution in [0.25, 0.3) is 0 Å². The first-order valence-corrected chi connectivity index (χ1v) is 39.1. The molecule has 0 aromatic rings. The van der Waals surface area contributed by atoms with E-state index in [1.54, 1.807) is 0 Å². The van der Waals surface area contributed by atoms with Gasteiger partial charge in [0.05, 0.1) is 25.4 Å². The lowest BCUT2D eigenvalue weighted by Gasteiger charge is -2.22. The highest BCUT2D eigenvalue weighted by Gasteiger charge is 2.20. The Morgan fingerprint density at radius 1 is 0.318 bits per heavy atom. The summed E-state index contributed by atoms with van der Waals surface area (Å²) in [6, 6.07) is -0.538. The van der Waals surface area contributed by atoms with Crippen LogP contribution in [-0.2, 0) is 14.3 Å². The van der Waals surface area contributed by atoms with E-state index in [0.29, 0.717) is 25.9 Å². The van der Waals surface area contributed by atoms with Crippen molar-refractivity contribution in [1.29, 1.82) is 0 Å². The van der Waals surface area contributed by atoms with Gasteiger partial charge in [-0.1, -0.05) is 378 Å². The summed E-state index contributed by atoms with van der Waals surface area (Å²) in [6.45, 7) is 4.97. The van der Waals surface area contributed by atoms with Crippen LogP contribution < -0.4 is 5.32 Å². The van der Waals surface area contributed by atoms with E-state index in [-0.39, 0.29) is 18.5 Å². The van der Waals surface area contributed by atoms with Gasteiger partial charge in [0.2, 0.25) is 5.91 Å². The molecule has 85 heavy (non-hydrogen) atoms. The predicted octanol–water partition coefficient (Wildman–Crippen LogP) is 25.7. The average molecular weight is 1200 g/mol. The number of carbonyl (C=O) groups is 2. The van der Waals surface area contributed by atoms with Gasteiger partial charge in [0.1, 0.15) is 0 Å². The minimum Gasteiger partial charge on any atom is -0.466 e. The van der Waals surface area contributed by atoms with Crippen LogP contribution in [0.2, 0.25) is 0 Å². The van der Waals surface area contributed by atoms with Crippen molar-refractivity contribution in [3.63, 3.8) is 0 Å². The molecule has 504 valence electrons. The van der Waals surface area contributed by atoms with Crippen LogP contribution in [-0.4, -0.2) is 47.4 Å². The zero-order chi connectivity index (χ0) is 61.3. The molecule has 3 N–H and O–H groups in total. The van der Waals surface area contributed by atoms with Crippen LogP contribution >= 0.6 is 0 Å². The van der Waals surface area contributed by atoms with Gasteiger partial charge in [0.15, 0.2) is 0 Å². The van der Waals surface area contributed by atoms with E-state index in [0.717, 1.165) is 44.9 Å². The fourth-order valence-electron chi connectivity index (χ4n) is 12.5. The lowest BCUT2D eigenvalue weighted by Crippen LogP contribution is -2.45. The molecular formula is C79H153NO5. The second-order valence-electron chi connectivity index (χ2n) is 27.0. The minimum atomic E-state index is -0.661. The van der Waals surface area contributed by atoms with E-state index in [1.165, 1.54) is 366 Å². The van der Waals surface area contributed by atoms with Crippen molar-refractivity contribution in [2.75, 3.05) is 13.2 Å². The first-order valence-electron chi connectivity index (χ1n) is 39.1. The van der Waals surface area contributed by atoms with Crippen LogP contribution in [0.15, 0.2) is 24.3 Å². The van der Waals surface area contributed by atoms with Gasteiger partial charge in [-0.2, -0.15) is 0 Å². The third-order valence-corrected chi connectivity index (χ3v) is 18.5. The number of hydrogen-bond donors (Lipinski definition) is 3. The molecule has 6 nitrogen and oxygen atoms in total. The van der Waals surface area contributed by atoms with Crippen molar-refractivity contribution in [2.24, 2.45) is 0 Å². The molecule has 0 saturated carbocycles. The molecule has 2 unspecified atom stereocenters. The number of ether oxygens (including phenoxy) is 1. The first kappa shape index (κ1) is 83.3. The molecule has 0 heterocycles. The van der Waals surface area contributed by atoms with Crippen molar-refractivity contribution in [2.45, 2.75) is 456 Å². The van der Waals surface area contributed by atoms with Gasteiger partial charge >= 0.3 is 5.97 Å². The number of unbranched alkanes of at least 4 members (excludes halogenated alkanes) is 59. The topological polar surface area (TPSA) is 95.9 Å². The van der Waals surface area contributed by atoms with E-state index in [4.69, 9.17) is 4.74 Å². The Morgan fingerprint density at radius 2 is 0.553 bits per heavy atom. The summed E-state index contributed by atoms with van der Waals surface area (Å²) in [5.41, 5.74) is 0. The third kappa shape index (κ3) is 71.3. The molecule has 0 bridgehead atoms. The van der Waals surface area contributed by atoms with Crippen LogP contribution in [0, 0.1) is 0 Å². The average Bonchev–Trinajstić information content (AvgIpc) is 3.51. The van der Waals surface area contributed by atoms with Gasteiger partial charge in [-0.05, 0) is 77.0 Å². The number of aliphatic hydroxyl groups excluding tert-OH is 2. The molecule has 0 radical (unpaired) electrons. The number of hydrogen-bond acceptors (Lipinski definition) is 5. The maximum atomic E-state index is 12.5. The standard InChI is InChI=1S/C79H153NO5/c1-3-5-7-9-11-13-15-17-18-42-45-48-51-55-59-63-67-71-77(82)76(75-81)80-78(83)72-68-64-60-56-52-49-46-43-40-38-36-34-32-30-28-26-24-22-20-19-21-23-25-27-29-31-33-35-37-39-41-44-47-50-54-58-62-66-70-74-85-79(84)73-69-65-61-57-53-16-14-12-10-8-6-4-2/h12,14,19-20,76-77,81-82H,3-11,13,15-18,21-75H2,1-2H3,(H,80,83)/b14-12-,20-19-. The van der Waals surface area contributed by atoms with Gasteiger partial charge in [-0.3, -0.25) is 9.59 Å². The Kier molecular flexibility index (Phi) is 73.3. The second kappa shape index (κ2) is 74.8. The minimum absolute atomic E-state index is 0.0130. The number of esters is 1. The molecule has 2 atom stereocenters. The summed E-state index contributed by atoms with van der Waals surface area (Å²) >= 11 is 0. The summed E-state index contributed by atoms with van der Waals surface area (Å²) in [5.74, 6) is -0.0134. The fraction of sp³-hybridized carbons (Fsp3) is 0.924. The second-order valence-corrected chi connectivity index (χ2v) is 27.0. The Hall–Kier alpha value is -1.66. The largest absolute Gasteiger partial charge is 0.466 e. The van der Waals surface area contributed by atoms with Crippen LogP contribution in [0.5, 0.6) is 0 Å². The molecule has 1 amide bonds. The van der Waals surface area contributed by atoms with Gasteiger partial charge in [-0.25, -0.2) is 0 Å². The number of aliphatic hydroxyl groups is 2. The molecule has 0 spiro atoms. The Morgan fingerprint density at radius 3 is 0.859 bits per heavy atom. The third-order valence-electron chi connectivity index (χ3n) is 18.5. The molecule has 0 rings (SSSR count). The molecule has 0 aromatic heterocycles. The van der Waals surface area contributed by atoms with E-state index in [2.05, 4.69) is 43.5 Å². The molecular weight excluding hydrogens is 1040 g/mol. The monoisotopic (exact) mass is 1200 g/mol. The zero-order valence-electron chi connectivity index (χ0n) is 57.9. The van der Waals surface area contributed by atoms with Gasteiger partial charge in [0, 0.05) is 12.8 Å². The maximum Gasteiger partial charge on any atom is 0.305 e. The Balaban J connectivity index is 3.32. The van der Waals surface area contributed by atoms with Gasteiger partial charge in [0.25, 0.3) is 0 Å². The highest BCUT2D eigenvalue weighted by atomic mass is 16.5. The molecule has 0 saturated heterocycles. The van der Waals surface area contributed by atoms with Gasteiger partial charge < -0.3 is 20.3 Å². The quantitative estimate of drug-likeness (QED) is 0.0320. The lowest BCUT2D eigenvalue weighted by molar-refractivity contribution is -0.143. The molecule has 0 aromatic carbocycles. The van der Waals surface area contributed by atoms with E-state index in [1.807, 2.05) is 0 Å². The number of allylic oxidation sites excluding steroid dienone is 4. The van der Waals surface area contributed by atoms with E-state index < -0.39 is 12.1 Å². The highest BCUT2D eigenvalue weighted by Crippen LogP contribution is 2.20. The Bertz CT molecular complexity index is 1330. The molecule has 6 heteroatoms. The maximum absolute atomic E-state index is 12.5. The lowest BCUT2D eigenvalue weighted by atomic mass is 10.0. The number of nitrogens with one attached hydrogen (secondary N) is 1. The van der Waals surface area contributed by atoms with Crippen LogP contribution in [0.3, 0.4) is 0 Å². The summed E-state index contributed by atoms with van der Waals surface area (Å²) in [4.78, 5) is 24.6. The van der Waals surface area contributed by atoms with Crippen molar-refractivity contribution < 1.29 is 24.5 Å². The summed E-state index contributed by atoms with van der Waals surface area (Å²) in [5, 5.41) is 23.4. The number of carbonyl (C=O) groups excluding carboxylic acids is 2. The number of amides is 1. The normalized spacial score (nSPS) is 12.6. The van der Waals surface area contributed by atoms with E-state index in [9.17, 15) is 19.8 Å². The van der Waals surface area contributed by atoms with E-state index >= 15 is 0 Å². The Labute approximate surface area is 532 Å². The predicted molar refractivity (Wildman–Crippen MR) is 375 cm³/mol. The van der Waals surface area contributed by atoms with Crippen molar-refractivity contribution in [3.05, 3.63) is 24.3 Å². The van der Waals surface area contributed by atoms with Gasteiger partial charge in [-0.15, -0.1) is 0 Å². The summed E-state index contributed by atoms with van der Waals surface area (Å²) < 4.78 is 5.48. The van der Waals surface area contributed by atoms with Crippen molar-refractivity contribution >= 4 is 11.9 Å².